The van der Waals surface area contributed by atoms with E-state index >= 15 is 0 Å². The predicted octanol–water partition coefficient (Wildman–Crippen LogP) is 11.4. The molecule has 10 rings (SSSR count). The van der Waals surface area contributed by atoms with Gasteiger partial charge in [0.05, 0.1) is 0 Å². The minimum Gasteiger partial charge on any atom is -0.456 e. The first-order valence-corrected chi connectivity index (χ1v) is 16.5. The zero-order chi connectivity index (χ0) is 33.0. The Morgan fingerprint density at radius 3 is 1.54 bits per heavy atom. The fourth-order valence-electron chi connectivity index (χ4n) is 6.69. The molecule has 0 aliphatic heterocycles. The van der Waals surface area contributed by atoms with Crippen LogP contribution in [0.25, 0.3) is 101 Å². The van der Waals surface area contributed by atoms with Crippen molar-refractivity contribution in [3.8, 4) is 56.7 Å². The molecule has 0 radical (unpaired) electrons. The molecular formula is C44H26N4O2. The maximum Gasteiger partial charge on any atom is 0.227 e. The van der Waals surface area contributed by atoms with Gasteiger partial charge in [-0.25, -0.2) is 19.9 Å². The normalized spacial score (nSPS) is 11.6. The lowest BCUT2D eigenvalue weighted by Gasteiger charge is -2.09. The van der Waals surface area contributed by atoms with E-state index in [-0.39, 0.29) is 0 Å². The smallest absolute Gasteiger partial charge is 0.227 e. The van der Waals surface area contributed by atoms with Crippen LogP contribution in [0.15, 0.2) is 167 Å². The maximum atomic E-state index is 6.54. The van der Waals surface area contributed by atoms with E-state index in [1.165, 1.54) is 0 Å². The highest BCUT2D eigenvalue weighted by Gasteiger charge is 2.18. The molecule has 0 fully saturated rings. The van der Waals surface area contributed by atoms with Crippen molar-refractivity contribution in [1.29, 1.82) is 0 Å². The van der Waals surface area contributed by atoms with Gasteiger partial charge in [-0.15, -0.1) is 0 Å². The Hall–Kier alpha value is -6.92. The maximum absolute atomic E-state index is 6.54. The van der Waals surface area contributed by atoms with Crippen LogP contribution in [-0.2, 0) is 0 Å². The zero-order valence-corrected chi connectivity index (χ0v) is 26.6. The molecule has 234 valence electrons. The molecule has 0 spiro atoms. The summed E-state index contributed by atoms with van der Waals surface area (Å²) in [6, 6.07) is 53.0. The van der Waals surface area contributed by atoms with Crippen LogP contribution in [0.5, 0.6) is 0 Å². The van der Waals surface area contributed by atoms with E-state index < -0.39 is 0 Å². The molecule has 3 heterocycles. The Morgan fingerprint density at radius 1 is 0.340 bits per heavy atom. The number of fused-ring (bicyclic) bond motifs is 7. The molecule has 0 N–H and O–H groups in total. The second kappa shape index (κ2) is 11.4. The molecule has 0 amide bonds. The summed E-state index contributed by atoms with van der Waals surface area (Å²) in [5.74, 6) is 2.36. The van der Waals surface area contributed by atoms with Crippen LogP contribution in [0.4, 0.5) is 0 Å². The van der Waals surface area contributed by atoms with Gasteiger partial charge in [0.2, 0.25) is 5.89 Å². The standard InChI is InChI=1S/C44H26N4O2/c1-3-9-27(10-4-1)28-15-17-31(18-16-28)42-46-41(30-11-5-2-6-12-30)47-43(48-42)32-19-21-33(22-20-32)44-45-35-25-23-29-24-26-37-39(38(29)40(35)50-44)34-13-7-8-14-36(34)49-37/h1-26H. The summed E-state index contributed by atoms with van der Waals surface area (Å²) in [5, 5.41) is 4.17. The molecule has 3 aromatic heterocycles. The van der Waals surface area contributed by atoms with Gasteiger partial charge in [0.15, 0.2) is 23.1 Å². The molecule has 50 heavy (non-hydrogen) atoms. The Bertz CT molecular complexity index is 2840. The summed E-state index contributed by atoms with van der Waals surface area (Å²) < 4.78 is 12.7. The van der Waals surface area contributed by atoms with Gasteiger partial charge in [-0.2, -0.15) is 0 Å². The molecular weight excluding hydrogens is 617 g/mol. The number of para-hydroxylation sites is 1. The third kappa shape index (κ3) is 4.73. The predicted molar refractivity (Wildman–Crippen MR) is 199 cm³/mol. The number of aromatic nitrogens is 4. The molecule has 6 nitrogen and oxygen atoms in total. The van der Waals surface area contributed by atoms with Crippen LogP contribution in [0.2, 0.25) is 0 Å². The van der Waals surface area contributed by atoms with Crippen LogP contribution in [-0.4, -0.2) is 19.9 Å². The minimum atomic E-state index is 0.545. The van der Waals surface area contributed by atoms with E-state index in [1.54, 1.807) is 0 Å². The second-order valence-corrected chi connectivity index (χ2v) is 12.3. The second-order valence-electron chi connectivity index (χ2n) is 12.3. The van der Waals surface area contributed by atoms with Gasteiger partial charge in [-0.3, -0.25) is 0 Å². The topological polar surface area (TPSA) is 77.8 Å². The molecule has 0 saturated heterocycles. The highest BCUT2D eigenvalue weighted by atomic mass is 16.3. The fraction of sp³-hybridized carbons (Fsp3) is 0. The lowest BCUT2D eigenvalue weighted by Crippen LogP contribution is -2.00. The largest absolute Gasteiger partial charge is 0.456 e. The third-order valence-corrected chi connectivity index (χ3v) is 9.18. The van der Waals surface area contributed by atoms with Gasteiger partial charge in [0.25, 0.3) is 0 Å². The number of hydrogen-bond donors (Lipinski definition) is 0. The third-order valence-electron chi connectivity index (χ3n) is 9.18. The number of nitrogens with zero attached hydrogens (tertiary/aromatic N) is 4. The highest BCUT2D eigenvalue weighted by Crippen LogP contribution is 2.39. The average molecular weight is 643 g/mol. The summed E-state index contributed by atoms with van der Waals surface area (Å²) in [6.45, 7) is 0. The van der Waals surface area contributed by atoms with E-state index in [1.807, 2.05) is 103 Å². The van der Waals surface area contributed by atoms with E-state index in [4.69, 9.17) is 28.8 Å². The van der Waals surface area contributed by atoms with Gasteiger partial charge in [-0.05, 0) is 46.8 Å². The number of benzene rings is 7. The van der Waals surface area contributed by atoms with Crippen molar-refractivity contribution in [3.63, 3.8) is 0 Å². The van der Waals surface area contributed by atoms with Crippen LogP contribution in [0.3, 0.4) is 0 Å². The molecule has 7 aromatic carbocycles. The first kappa shape index (κ1) is 28.1. The van der Waals surface area contributed by atoms with Crippen molar-refractivity contribution in [2.45, 2.75) is 0 Å². The lowest BCUT2D eigenvalue weighted by molar-refractivity contribution is 0.623. The van der Waals surface area contributed by atoms with Gasteiger partial charge >= 0.3 is 0 Å². The number of oxazole rings is 1. The lowest BCUT2D eigenvalue weighted by atomic mass is 10.0. The van der Waals surface area contributed by atoms with Crippen molar-refractivity contribution in [3.05, 3.63) is 158 Å². The first-order chi connectivity index (χ1) is 24.7. The molecule has 6 heteroatoms. The number of hydrogen-bond acceptors (Lipinski definition) is 6. The van der Waals surface area contributed by atoms with E-state index in [2.05, 4.69) is 54.6 Å². The molecule has 0 bridgehead atoms. The summed E-state index contributed by atoms with van der Waals surface area (Å²) >= 11 is 0. The van der Waals surface area contributed by atoms with E-state index in [0.717, 1.165) is 77.2 Å². The molecule has 10 aromatic rings. The van der Waals surface area contributed by atoms with Gasteiger partial charge in [0, 0.05) is 38.4 Å². The van der Waals surface area contributed by atoms with Crippen LogP contribution in [0.1, 0.15) is 0 Å². The Kier molecular flexibility index (Phi) is 6.39. The van der Waals surface area contributed by atoms with Gasteiger partial charge in [0.1, 0.15) is 16.7 Å². The van der Waals surface area contributed by atoms with E-state index in [9.17, 15) is 0 Å². The summed E-state index contributed by atoms with van der Waals surface area (Å²) in [5.41, 5.74) is 9.08. The van der Waals surface area contributed by atoms with Crippen LogP contribution in [0, 0.1) is 0 Å². The molecule has 0 aliphatic rings. The Labute approximate surface area is 286 Å². The van der Waals surface area contributed by atoms with E-state index in [0.29, 0.717) is 23.4 Å². The summed E-state index contributed by atoms with van der Waals surface area (Å²) in [6.07, 6.45) is 0. The molecule has 0 atom stereocenters. The highest BCUT2D eigenvalue weighted by molar-refractivity contribution is 6.25. The van der Waals surface area contributed by atoms with Gasteiger partial charge < -0.3 is 8.83 Å². The average Bonchev–Trinajstić information content (AvgIpc) is 3.81. The van der Waals surface area contributed by atoms with Crippen LogP contribution >= 0.6 is 0 Å². The first-order valence-electron chi connectivity index (χ1n) is 16.5. The fourth-order valence-corrected chi connectivity index (χ4v) is 6.69. The number of rotatable bonds is 5. The number of furan rings is 1. The van der Waals surface area contributed by atoms with Crippen molar-refractivity contribution < 1.29 is 8.83 Å². The quantitative estimate of drug-likeness (QED) is 0.186. The Balaban J connectivity index is 1.05. The zero-order valence-electron chi connectivity index (χ0n) is 26.6. The van der Waals surface area contributed by atoms with Crippen molar-refractivity contribution in [1.82, 2.24) is 19.9 Å². The SMILES string of the molecule is c1ccc(-c2ccc(-c3nc(-c4ccccc4)nc(-c4ccc(-c5nc6ccc7ccc8oc9ccccc9c8c7c6o5)cc4)n3)cc2)cc1. The van der Waals surface area contributed by atoms with Gasteiger partial charge in [-0.1, -0.05) is 127 Å². The molecule has 0 aliphatic carbocycles. The monoisotopic (exact) mass is 642 g/mol. The summed E-state index contributed by atoms with van der Waals surface area (Å²) in [7, 11) is 0. The summed E-state index contributed by atoms with van der Waals surface area (Å²) in [4.78, 5) is 19.7. The van der Waals surface area contributed by atoms with Crippen LogP contribution < -0.4 is 0 Å². The minimum absolute atomic E-state index is 0.545. The van der Waals surface area contributed by atoms with Crippen molar-refractivity contribution in [2.24, 2.45) is 0 Å². The molecule has 0 unspecified atom stereocenters. The Morgan fingerprint density at radius 2 is 0.860 bits per heavy atom. The van der Waals surface area contributed by atoms with Crippen molar-refractivity contribution >= 4 is 43.8 Å². The van der Waals surface area contributed by atoms with Crippen molar-refractivity contribution in [2.75, 3.05) is 0 Å². The molecule has 0 saturated carbocycles.